The van der Waals surface area contributed by atoms with Crippen LogP contribution in [0, 0.1) is 0 Å². The van der Waals surface area contributed by atoms with Crippen LogP contribution in [0.4, 0.5) is 5.69 Å². The number of halogens is 1. The van der Waals surface area contributed by atoms with Gasteiger partial charge in [0, 0.05) is 11.6 Å². The molecule has 0 bridgehead atoms. The van der Waals surface area contributed by atoms with Crippen molar-refractivity contribution < 1.29 is 4.79 Å². The molecule has 0 fully saturated rings. The Bertz CT molecular complexity index is 533. The topological polar surface area (TPSA) is 42.3 Å². The molecule has 0 saturated carbocycles. The molecular formula is C10H5ClN2O. The molecule has 0 aliphatic carbocycles. The van der Waals surface area contributed by atoms with Crippen LogP contribution in [0.15, 0.2) is 35.5 Å². The summed E-state index contributed by atoms with van der Waals surface area (Å²) in [7, 11) is 0. The zero-order valence-electron chi connectivity index (χ0n) is 7.07. The SMILES string of the molecule is O=C=Nc1cccc2cc(Cl)cnc12. The Hall–Kier alpha value is -1.70. The van der Waals surface area contributed by atoms with Gasteiger partial charge in [-0.2, -0.15) is 4.99 Å². The van der Waals surface area contributed by atoms with Gasteiger partial charge in [0.15, 0.2) is 0 Å². The van der Waals surface area contributed by atoms with Gasteiger partial charge < -0.3 is 0 Å². The largest absolute Gasteiger partial charge is 0.252 e. The lowest BCUT2D eigenvalue weighted by molar-refractivity contribution is 0.565. The van der Waals surface area contributed by atoms with Gasteiger partial charge in [0.1, 0.15) is 5.69 Å². The Labute approximate surface area is 85.1 Å². The second-order valence-electron chi connectivity index (χ2n) is 2.71. The summed E-state index contributed by atoms with van der Waals surface area (Å²) < 4.78 is 0. The molecule has 0 N–H and O–H groups in total. The standard InChI is InChI=1S/C10H5ClN2O/c11-8-4-7-2-1-3-9(13-6-14)10(7)12-5-8/h1-5H. The van der Waals surface area contributed by atoms with E-state index in [-0.39, 0.29) is 0 Å². The fourth-order valence-corrected chi connectivity index (χ4v) is 1.42. The number of hydrogen-bond donors (Lipinski definition) is 0. The van der Waals surface area contributed by atoms with Crippen LogP contribution >= 0.6 is 11.6 Å². The Kier molecular flexibility index (Phi) is 2.27. The highest BCUT2D eigenvalue weighted by Crippen LogP contribution is 2.25. The highest BCUT2D eigenvalue weighted by molar-refractivity contribution is 6.31. The fraction of sp³-hybridized carbons (Fsp3) is 0. The summed E-state index contributed by atoms with van der Waals surface area (Å²) in [6.45, 7) is 0. The van der Waals surface area contributed by atoms with E-state index in [1.165, 1.54) is 12.3 Å². The lowest BCUT2D eigenvalue weighted by atomic mass is 10.2. The zero-order valence-corrected chi connectivity index (χ0v) is 7.82. The van der Waals surface area contributed by atoms with Crippen LogP contribution in [-0.4, -0.2) is 11.1 Å². The molecule has 0 aliphatic heterocycles. The van der Waals surface area contributed by atoms with Crippen LogP contribution in [0.3, 0.4) is 0 Å². The lowest BCUT2D eigenvalue weighted by Gasteiger charge is -1.99. The summed E-state index contributed by atoms with van der Waals surface area (Å²) in [5.74, 6) is 0. The third kappa shape index (κ3) is 1.51. The van der Waals surface area contributed by atoms with E-state index in [4.69, 9.17) is 11.6 Å². The van der Waals surface area contributed by atoms with Gasteiger partial charge in [-0.3, -0.25) is 4.98 Å². The van der Waals surface area contributed by atoms with E-state index < -0.39 is 0 Å². The third-order valence-electron chi connectivity index (χ3n) is 1.82. The number of carbonyl (C=O) groups excluding carboxylic acids is 1. The second-order valence-corrected chi connectivity index (χ2v) is 3.14. The molecular weight excluding hydrogens is 200 g/mol. The van der Waals surface area contributed by atoms with E-state index in [0.29, 0.717) is 16.2 Å². The van der Waals surface area contributed by atoms with Gasteiger partial charge in [-0.05, 0) is 12.1 Å². The molecule has 0 atom stereocenters. The Morgan fingerprint density at radius 2 is 2.29 bits per heavy atom. The fourth-order valence-electron chi connectivity index (χ4n) is 1.26. The lowest BCUT2D eigenvalue weighted by Crippen LogP contribution is -1.78. The minimum Gasteiger partial charge on any atom is -0.252 e. The molecule has 14 heavy (non-hydrogen) atoms. The molecule has 1 aromatic carbocycles. The van der Waals surface area contributed by atoms with Crippen LogP contribution in [0.5, 0.6) is 0 Å². The maximum atomic E-state index is 10.1. The summed E-state index contributed by atoms with van der Waals surface area (Å²) in [5, 5.41) is 1.42. The molecule has 0 spiro atoms. The quantitative estimate of drug-likeness (QED) is 0.530. The third-order valence-corrected chi connectivity index (χ3v) is 2.03. The van der Waals surface area contributed by atoms with E-state index in [1.807, 2.05) is 6.07 Å². The summed E-state index contributed by atoms with van der Waals surface area (Å²) in [4.78, 5) is 17.8. The summed E-state index contributed by atoms with van der Waals surface area (Å²) >= 11 is 5.78. The number of nitrogens with zero attached hydrogens (tertiary/aromatic N) is 2. The van der Waals surface area contributed by atoms with Crippen molar-refractivity contribution in [1.82, 2.24) is 4.98 Å². The van der Waals surface area contributed by atoms with E-state index in [0.717, 1.165) is 5.39 Å². The van der Waals surface area contributed by atoms with E-state index >= 15 is 0 Å². The smallest absolute Gasteiger partial charge is 0.240 e. The first-order valence-electron chi connectivity index (χ1n) is 3.93. The molecule has 2 rings (SSSR count). The molecule has 0 aliphatic rings. The van der Waals surface area contributed by atoms with Crippen molar-refractivity contribution in [2.24, 2.45) is 4.99 Å². The maximum Gasteiger partial charge on any atom is 0.240 e. The number of hydrogen-bond acceptors (Lipinski definition) is 3. The van der Waals surface area contributed by atoms with Crippen molar-refractivity contribution in [3.8, 4) is 0 Å². The number of aromatic nitrogens is 1. The summed E-state index contributed by atoms with van der Waals surface area (Å²) in [6.07, 6.45) is 3.01. The molecule has 0 unspecified atom stereocenters. The molecule has 0 amide bonds. The van der Waals surface area contributed by atoms with Gasteiger partial charge in [0.25, 0.3) is 0 Å². The van der Waals surface area contributed by atoms with Crippen LogP contribution < -0.4 is 0 Å². The summed E-state index contributed by atoms with van der Waals surface area (Å²) in [6, 6.07) is 7.12. The van der Waals surface area contributed by atoms with Crippen LogP contribution in [0.25, 0.3) is 10.9 Å². The molecule has 1 heterocycles. The molecule has 3 nitrogen and oxygen atoms in total. The van der Waals surface area contributed by atoms with Crippen LogP contribution in [0.1, 0.15) is 0 Å². The van der Waals surface area contributed by atoms with Crippen LogP contribution in [-0.2, 0) is 4.79 Å². The highest BCUT2D eigenvalue weighted by Gasteiger charge is 2.00. The van der Waals surface area contributed by atoms with Gasteiger partial charge >= 0.3 is 0 Å². The van der Waals surface area contributed by atoms with Gasteiger partial charge in [0.05, 0.1) is 10.5 Å². The first-order valence-corrected chi connectivity index (χ1v) is 4.31. The Balaban J connectivity index is 2.81. The Morgan fingerprint density at radius 1 is 1.43 bits per heavy atom. The van der Waals surface area contributed by atoms with Gasteiger partial charge in [-0.1, -0.05) is 23.7 Å². The molecule has 1 aromatic heterocycles. The van der Waals surface area contributed by atoms with Crippen molar-refractivity contribution in [2.75, 3.05) is 0 Å². The van der Waals surface area contributed by atoms with E-state index in [9.17, 15) is 4.79 Å². The molecule has 68 valence electrons. The number of para-hydroxylation sites is 1. The number of benzene rings is 1. The zero-order chi connectivity index (χ0) is 9.97. The van der Waals surface area contributed by atoms with Crippen molar-refractivity contribution in [2.45, 2.75) is 0 Å². The van der Waals surface area contributed by atoms with Gasteiger partial charge in [0.2, 0.25) is 6.08 Å². The van der Waals surface area contributed by atoms with Crippen LogP contribution in [0.2, 0.25) is 5.02 Å². The highest BCUT2D eigenvalue weighted by atomic mass is 35.5. The average molecular weight is 205 g/mol. The average Bonchev–Trinajstić information content (AvgIpc) is 2.18. The molecule has 4 heteroatoms. The predicted octanol–water partition coefficient (Wildman–Crippen LogP) is 2.86. The monoisotopic (exact) mass is 204 g/mol. The molecule has 0 radical (unpaired) electrons. The second kappa shape index (κ2) is 3.58. The number of fused-ring (bicyclic) bond motifs is 1. The minimum absolute atomic E-state index is 0.508. The van der Waals surface area contributed by atoms with E-state index in [2.05, 4.69) is 9.98 Å². The normalized spacial score (nSPS) is 9.79. The first-order chi connectivity index (χ1) is 6.81. The predicted molar refractivity (Wildman–Crippen MR) is 54.5 cm³/mol. The summed E-state index contributed by atoms with van der Waals surface area (Å²) in [5.41, 5.74) is 1.16. The van der Waals surface area contributed by atoms with Crippen molar-refractivity contribution in [3.63, 3.8) is 0 Å². The van der Waals surface area contributed by atoms with Crippen molar-refractivity contribution in [3.05, 3.63) is 35.5 Å². The molecule has 0 saturated heterocycles. The van der Waals surface area contributed by atoms with Crippen molar-refractivity contribution in [1.29, 1.82) is 0 Å². The number of isocyanates is 1. The first kappa shape index (κ1) is 8.88. The minimum atomic E-state index is 0.508. The number of aliphatic imine (C=N–C) groups is 1. The maximum absolute atomic E-state index is 10.1. The number of pyridine rings is 1. The van der Waals surface area contributed by atoms with Gasteiger partial charge in [-0.25, -0.2) is 4.79 Å². The van der Waals surface area contributed by atoms with Crippen molar-refractivity contribution >= 4 is 34.3 Å². The number of rotatable bonds is 1. The van der Waals surface area contributed by atoms with Gasteiger partial charge in [-0.15, -0.1) is 0 Å². The van der Waals surface area contributed by atoms with E-state index in [1.54, 1.807) is 18.2 Å². The molecule has 2 aromatic rings. The Morgan fingerprint density at radius 3 is 3.07 bits per heavy atom.